The van der Waals surface area contributed by atoms with E-state index in [1.807, 2.05) is 6.20 Å². The molecule has 0 bridgehead atoms. The molecule has 2 unspecified atom stereocenters. The standard InChI is InChI=1S/C17H23N3/c1-12(2)15-5-7-16(8-6-15)13(3)20-14(4)17-11-18-9-10-19-17/h5-14,20H,1-4H3. The molecule has 2 atom stereocenters. The fourth-order valence-electron chi connectivity index (χ4n) is 2.26. The molecule has 106 valence electrons. The lowest BCUT2D eigenvalue weighted by molar-refractivity contribution is 0.485. The van der Waals surface area contributed by atoms with E-state index in [0.717, 1.165) is 5.69 Å². The Morgan fingerprint density at radius 3 is 2.05 bits per heavy atom. The summed E-state index contributed by atoms with van der Waals surface area (Å²) in [6.07, 6.45) is 5.24. The molecule has 0 aliphatic heterocycles. The predicted octanol–water partition coefficient (Wildman–Crippen LogP) is 4.01. The van der Waals surface area contributed by atoms with Crippen molar-refractivity contribution in [3.8, 4) is 0 Å². The lowest BCUT2D eigenvalue weighted by Crippen LogP contribution is -2.23. The molecule has 1 heterocycles. The van der Waals surface area contributed by atoms with Crippen molar-refractivity contribution in [1.82, 2.24) is 15.3 Å². The van der Waals surface area contributed by atoms with Crippen molar-refractivity contribution in [2.45, 2.75) is 45.7 Å². The molecule has 2 aromatic rings. The molecule has 2 rings (SSSR count). The Morgan fingerprint density at radius 2 is 1.50 bits per heavy atom. The van der Waals surface area contributed by atoms with Crippen LogP contribution in [-0.4, -0.2) is 9.97 Å². The largest absolute Gasteiger partial charge is 0.302 e. The van der Waals surface area contributed by atoms with Crippen LogP contribution in [0, 0.1) is 0 Å². The van der Waals surface area contributed by atoms with Gasteiger partial charge in [0.1, 0.15) is 0 Å². The van der Waals surface area contributed by atoms with E-state index >= 15 is 0 Å². The average molecular weight is 269 g/mol. The van der Waals surface area contributed by atoms with Crippen molar-refractivity contribution < 1.29 is 0 Å². The molecule has 0 radical (unpaired) electrons. The monoisotopic (exact) mass is 269 g/mol. The van der Waals surface area contributed by atoms with Crippen LogP contribution in [0.4, 0.5) is 0 Å². The number of aromatic nitrogens is 2. The van der Waals surface area contributed by atoms with E-state index < -0.39 is 0 Å². The first kappa shape index (κ1) is 14.7. The Hall–Kier alpha value is -1.74. The van der Waals surface area contributed by atoms with Crippen molar-refractivity contribution in [1.29, 1.82) is 0 Å². The number of rotatable bonds is 5. The Morgan fingerprint density at radius 1 is 0.850 bits per heavy atom. The summed E-state index contributed by atoms with van der Waals surface area (Å²) in [5.74, 6) is 0.575. The van der Waals surface area contributed by atoms with Gasteiger partial charge in [0.05, 0.1) is 5.69 Å². The zero-order valence-corrected chi connectivity index (χ0v) is 12.7. The van der Waals surface area contributed by atoms with Gasteiger partial charge in [-0.15, -0.1) is 0 Å². The molecule has 0 aliphatic carbocycles. The van der Waals surface area contributed by atoms with Crippen LogP contribution in [0.5, 0.6) is 0 Å². The van der Waals surface area contributed by atoms with Gasteiger partial charge >= 0.3 is 0 Å². The minimum atomic E-state index is 0.184. The minimum absolute atomic E-state index is 0.184. The average Bonchev–Trinajstić information content (AvgIpc) is 2.48. The van der Waals surface area contributed by atoms with E-state index in [0.29, 0.717) is 5.92 Å². The van der Waals surface area contributed by atoms with Crippen LogP contribution in [0.25, 0.3) is 0 Å². The van der Waals surface area contributed by atoms with E-state index in [1.54, 1.807) is 12.4 Å². The molecule has 0 saturated carbocycles. The van der Waals surface area contributed by atoms with Crippen molar-refractivity contribution in [2.24, 2.45) is 0 Å². The van der Waals surface area contributed by atoms with E-state index in [1.165, 1.54) is 11.1 Å². The molecule has 0 amide bonds. The highest BCUT2D eigenvalue weighted by atomic mass is 15.0. The van der Waals surface area contributed by atoms with E-state index in [2.05, 4.69) is 67.2 Å². The fraction of sp³-hybridized carbons (Fsp3) is 0.412. The zero-order valence-electron chi connectivity index (χ0n) is 12.7. The predicted molar refractivity (Wildman–Crippen MR) is 82.5 cm³/mol. The van der Waals surface area contributed by atoms with Gasteiger partial charge in [-0.05, 0) is 30.9 Å². The topological polar surface area (TPSA) is 37.8 Å². The van der Waals surface area contributed by atoms with Gasteiger partial charge in [0.15, 0.2) is 0 Å². The second kappa shape index (κ2) is 6.62. The van der Waals surface area contributed by atoms with Crippen LogP contribution < -0.4 is 5.32 Å². The Labute approximate surface area is 121 Å². The maximum atomic E-state index is 4.34. The van der Waals surface area contributed by atoms with Gasteiger partial charge < -0.3 is 5.32 Å². The summed E-state index contributed by atoms with van der Waals surface area (Å²) in [6, 6.07) is 9.31. The van der Waals surface area contributed by atoms with Crippen LogP contribution in [0.1, 0.15) is 62.5 Å². The van der Waals surface area contributed by atoms with E-state index in [9.17, 15) is 0 Å². The number of hydrogen-bond acceptors (Lipinski definition) is 3. The number of nitrogens with one attached hydrogen (secondary N) is 1. The maximum Gasteiger partial charge on any atom is 0.0753 e. The molecular formula is C17H23N3. The number of hydrogen-bond donors (Lipinski definition) is 1. The second-order valence-electron chi connectivity index (χ2n) is 5.56. The van der Waals surface area contributed by atoms with Gasteiger partial charge in [0.2, 0.25) is 0 Å². The SMILES string of the molecule is CC(C)c1ccc(C(C)NC(C)c2cnccn2)cc1. The van der Waals surface area contributed by atoms with Crippen LogP contribution >= 0.6 is 0 Å². The highest BCUT2D eigenvalue weighted by Gasteiger charge is 2.12. The van der Waals surface area contributed by atoms with Crippen molar-refractivity contribution in [3.05, 3.63) is 59.7 Å². The molecule has 0 spiro atoms. The summed E-state index contributed by atoms with van der Waals surface area (Å²) in [7, 11) is 0. The molecule has 1 aromatic carbocycles. The third-order valence-corrected chi connectivity index (χ3v) is 3.63. The minimum Gasteiger partial charge on any atom is -0.302 e. The smallest absolute Gasteiger partial charge is 0.0753 e. The van der Waals surface area contributed by atoms with Crippen LogP contribution in [0.15, 0.2) is 42.9 Å². The highest BCUT2D eigenvalue weighted by molar-refractivity contribution is 5.26. The van der Waals surface area contributed by atoms with Gasteiger partial charge in [0, 0.05) is 30.7 Å². The van der Waals surface area contributed by atoms with Gasteiger partial charge in [0.25, 0.3) is 0 Å². The quantitative estimate of drug-likeness (QED) is 0.891. The lowest BCUT2D eigenvalue weighted by atomic mass is 9.99. The molecular weight excluding hydrogens is 246 g/mol. The summed E-state index contributed by atoms with van der Waals surface area (Å²) in [4.78, 5) is 8.45. The van der Waals surface area contributed by atoms with Crippen molar-refractivity contribution >= 4 is 0 Å². The third-order valence-electron chi connectivity index (χ3n) is 3.63. The Kier molecular flexibility index (Phi) is 4.85. The zero-order chi connectivity index (χ0) is 14.5. The molecule has 3 nitrogen and oxygen atoms in total. The van der Waals surface area contributed by atoms with Gasteiger partial charge in [-0.2, -0.15) is 0 Å². The number of benzene rings is 1. The maximum absolute atomic E-state index is 4.34. The van der Waals surface area contributed by atoms with Crippen LogP contribution in [0.3, 0.4) is 0 Å². The summed E-state index contributed by atoms with van der Waals surface area (Å²) in [6.45, 7) is 8.72. The molecule has 20 heavy (non-hydrogen) atoms. The first-order valence-corrected chi connectivity index (χ1v) is 7.19. The van der Waals surface area contributed by atoms with Crippen molar-refractivity contribution in [2.75, 3.05) is 0 Å². The Bertz CT molecular complexity index is 520. The van der Waals surface area contributed by atoms with Gasteiger partial charge in [-0.25, -0.2) is 0 Å². The summed E-state index contributed by atoms with van der Waals surface area (Å²) < 4.78 is 0. The normalized spacial score (nSPS) is 14.2. The molecule has 0 saturated heterocycles. The Balaban J connectivity index is 2.02. The molecule has 0 fully saturated rings. The first-order valence-electron chi connectivity index (χ1n) is 7.19. The summed E-state index contributed by atoms with van der Waals surface area (Å²) in [5, 5.41) is 3.56. The second-order valence-corrected chi connectivity index (χ2v) is 5.56. The van der Waals surface area contributed by atoms with Crippen molar-refractivity contribution in [3.63, 3.8) is 0 Å². The van der Waals surface area contributed by atoms with E-state index in [-0.39, 0.29) is 12.1 Å². The summed E-state index contributed by atoms with van der Waals surface area (Å²) in [5.41, 5.74) is 3.64. The summed E-state index contributed by atoms with van der Waals surface area (Å²) >= 11 is 0. The first-order chi connectivity index (χ1) is 9.58. The molecule has 1 aromatic heterocycles. The van der Waals surface area contributed by atoms with Gasteiger partial charge in [-0.1, -0.05) is 38.1 Å². The van der Waals surface area contributed by atoms with E-state index in [4.69, 9.17) is 0 Å². The van der Waals surface area contributed by atoms with Gasteiger partial charge in [-0.3, -0.25) is 9.97 Å². The molecule has 3 heteroatoms. The fourth-order valence-corrected chi connectivity index (χ4v) is 2.26. The van der Waals surface area contributed by atoms with Crippen LogP contribution in [-0.2, 0) is 0 Å². The van der Waals surface area contributed by atoms with Crippen LogP contribution in [0.2, 0.25) is 0 Å². The molecule has 0 aliphatic rings. The third kappa shape index (κ3) is 3.64. The lowest BCUT2D eigenvalue weighted by Gasteiger charge is -2.20. The number of nitrogens with zero attached hydrogens (tertiary/aromatic N) is 2. The highest BCUT2D eigenvalue weighted by Crippen LogP contribution is 2.20. The molecule has 1 N–H and O–H groups in total.